The van der Waals surface area contributed by atoms with Crippen LogP contribution in [0.15, 0.2) is 58.8 Å². The van der Waals surface area contributed by atoms with Crippen molar-refractivity contribution >= 4 is 24.1 Å². The average molecular weight is 236 g/mol. The second-order valence-electron chi connectivity index (χ2n) is 2.57. The zero-order valence-electron chi connectivity index (χ0n) is 7.74. The Bertz CT molecular complexity index is 357. The Labute approximate surface area is 96.7 Å². The van der Waals surface area contributed by atoms with Crippen molar-refractivity contribution in [2.75, 3.05) is 0 Å². The number of hydrogen-bond donors (Lipinski definition) is 0. The molecule has 2 heterocycles. The van der Waals surface area contributed by atoms with Crippen LogP contribution in [0.3, 0.4) is 0 Å². The Morgan fingerprint density at radius 1 is 0.800 bits per heavy atom. The van der Waals surface area contributed by atoms with Gasteiger partial charge in [0.15, 0.2) is 0 Å². The molecule has 3 nitrogen and oxygen atoms in total. The largest absolute Gasteiger partial charge is 0.248 e. The Balaban J connectivity index is 1.81. The van der Waals surface area contributed by atoms with Crippen molar-refractivity contribution in [2.45, 2.75) is 10.1 Å². The first kappa shape index (κ1) is 10.5. The molecule has 0 saturated carbocycles. The molecule has 15 heavy (non-hydrogen) atoms. The van der Waals surface area contributed by atoms with Crippen LogP contribution >= 0.6 is 24.1 Å². The van der Waals surface area contributed by atoms with Crippen LogP contribution in [0.1, 0.15) is 0 Å². The average Bonchev–Trinajstić information content (AvgIpc) is 2.32. The van der Waals surface area contributed by atoms with Crippen LogP contribution < -0.4 is 0 Å². The van der Waals surface area contributed by atoms with Gasteiger partial charge in [-0.3, -0.25) is 0 Å². The molecule has 0 atom stereocenters. The molecule has 0 aliphatic carbocycles. The lowest BCUT2D eigenvalue weighted by molar-refractivity contribution is 0.746. The standard InChI is InChI=1S/C10H8N2OS2/c1-3-7-11-9(5-1)14-13-15-10-6-2-4-8-12-10/h1-8H. The first-order chi connectivity index (χ1) is 7.45. The number of hydrogen-bond acceptors (Lipinski definition) is 5. The second kappa shape index (κ2) is 5.75. The minimum atomic E-state index is 0.834. The van der Waals surface area contributed by atoms with Gasteiger partial charge < -0.3 is 0 Å². The van der Waals surface area contributed by atoms with Crippen LogP contribution in [0, 0.1) is 0 Å². The fourth-order valence-electron chi connectivity index (χ4n) is 0.879. The molecular formula is C10H8N2OS2. The number of rotatable bonds is 4. The molecule has 2 aromatic heterocycles. The molecule has 0 unspecified atom stereocenters. The maximum Gasteiger partial charge on any atom is 0.125 e. The maximum absolute atomic E-state index is 5.31. The van der Waals surface area contributed by atoms with Crippen molar-refractivity contribution in [3.63, 3.8) is 0 Å². The molecular weight excluding hydrogens is 228 g/mol. The third kappa shape index (κ3) is 3.54. The van der Waals surface area contributed by atoms with Gasteiger partial charge in [0.1, 0.15) is 10.1 Å². The number of aromatic nitrogens is 2. The molecule has 0 aliphatic heterocycles. The predicted octanol–water partition coefficient (Wildman–Crippen LogP) is 3.21. The zero-order chi connectivity index (χ0) is 10.3. The van der Waals surface area contributed by atoms with Crippen LogP contribution in [0.4, 0.5) is 0 Å². The fraction of sp³-hybridized carbons (Fsp3) is 0. The fourth-order valence-corrected chi connectivity index (χ4v) is 2.05. The molecule has 0 fully saturated rings. The number of nitrogens with zero attached hydrogens (tertiary/aromatic N) is 2. The Kier molecular flexibility index (Phi) is 4.01. The first-order valence-electron chi connectivity index (χ1n) is 4.28. The summed E-state index contributed by atoms with van der Waals surface area (Å²) in [4.78, 5) is 8.23. The van der Waals surface area contributed by atoms with Crippen molar-refractivity contribution in [3.05, 3.63) is 48.8 Å². The second-order valence-corrected chi connectivity index (χ2v) is 4.28. The maximum atomic E-state index is 5.31. The van der Waals surface area contributed by atoms with E-state index in [-0.39, 0.29) is 0 Å². The summed E-state index contributed by atoms with van der Waals surface area (Å²) in [5, 5.41) is 1.67. The summed E-state index contributed by atoms with van der Waals surface area (Å²) in [5.41, 5.74) is 0. The highest BCUT2D eigenvalue weighted by atomic mass is 32.2. The predicted molar refractivity (Wildman–Crippen MR) is 61.3 cm³/mol. The first-order valence-corrected chi connectivity index (χ1v) is 5.77. The SMILES string of the molecule is c1ccc(SOSc2ccccn2)nc1. The molecule has 0 bridgehead atoms. The van der Waals surface area contributed by atoms with Crippen molar-refractivity contribution in [1.29, 1.82) is 0 Å². The van der Waals surface area contributed by atoms with Gasteiger partial charge in [0.25, 0.3) is 0 Å². The highest BCUT2D eigenvalue weighted by Crippen LogP contribution is 2.26. The van der Waals surface area contributed by atoms with Gasteiger partial charge in [0.05, 0.1) is 24.1 Å². The van der Waals surface area contributed by atoms with E-state index in [0.717, 1.165) is 10.1 Å². The minimum absolute atomic E-state index is 0.834. The third-order valence-corrected chi connectivity index (χ3v) is 2.88. The summed E-state index contributed by atoms with van der Waals surface area (Å²) in [7, 11) is 0. The van der Waals surface area contributed by atoms with Crippen LogP contribution in [-0.4, -0.2) is 9.97 Å². The molecule has 0 saturated heterocycles. The van der Waals surface area contributed by atoms with Crippen molar-refractivity contribution in [3.8, 4) is 0 Å². The van der Waals surface area contributed by atoms with Gasteiger partial charge in [-0.05, 0) is 24.3 Å². The molecule has 2 rings (SSSR count). The van der Waals surface area contributed by atoms with Gasteiger partial charge in [-0.1, -0.05) is 12.1 Å². The van der Waals surface area contributed by atoms with Crippen LogP contribution in [0.2, 0.25) is 0 Å². The molecule has 0 N–H and O–H groups in total. The molecule has 0 radical (unpaired) electrons. The summed E-state index contributed by atoms with van der Waals surface area (Å²) >= 11 is 2.45. The van der Waals surface area contributed by atoms with E-state index in [9.17, 15) is 0 Å². The van der Waals surface area contributed by atoms with Crippen molar-refractivity contribution < 1.29 is 3.63 Å². The van der Waals surface area contributed by atoms with Gasteiger partial charge in [0.2, 0.25) is 0 Å². The van der Waals surface area contributed by atoms with E-state index in [1.807, 2.05) is 36.4 Å². The monoisotopic (exact) mass is 236 g/mol. The van der Waals surface area contributed by atoms with Gasteiger partial charge in [0, 0.05) is 12.4 Å². The van der Waals surface area contributed by atoms with Crippen molar-refractivity contribution in [1.82, 2.24) is 9.97 Å². The van der Waals surface area contributed by atoms with E-state index in [2.05, 4.69) is 9.97 Å². The Morgan fingerprint density at radius 3 is 1.73 bits per heavy atom. The lowest BCUT2D eigenvalue weighted by Crippen LogP contribution is -1.78. The molecule has 0 aliphatic rings. The summed E-state index contributed by atoms with van der Waals surface area (Å²) < 4.78 is 5.31. The molecule has 76 valence electrons. The van der Waals surface area contributed by atoms with Gasteiger partial charge in [-0.15, -0.1) is 0 Å². The van der Waals surface area contributed by atoms with Crippen LogP contribution in [-0.2, 0) is 3.63 Å². The third-order valence-electron chi connectivity index (χ3n) is 1.51. The summed E-state index contributed by atoms with van der Waals surface area (Å²) in [6.07, 6.45) is 3.47. The molecule has 0 amide bonds. The normalized spacial score (nSPS) is 10.1. The Morgan fingerprint density at radius 2 is 1.33 bits per heavy atom. The lowest BCUT2D eigenvalue weighted by Gasteiger charge is -1.98. The van der Waals surface area contributed by atoms with Gasteiger partial charge in [-0.2, -0.15) is 0 Å². The summed E-state index contributed by atoms with van der Waals surface area (Å²) in [6, 6.07) is 11.4. The van der Waals surface area contributed by atoms with E-state index < -0.39 is 0 Å². The molecule has 5 heteroatoms. The zero-order valence-corrected chi connectivity index (χ0v) is 9.37. The number of pyridine rings is 2. The van der Waals surface area contributed by atoms with Crippen molar-refractivity contribution in [2.24, 2.45) is 0 Å². The Hall–Kier alpha value is -1.04. The van der Waals surface area contributed by atoms with Gasteiger partial charge in [-0.25, -0.2) is 13.6 Å². The van der Waals surface area contributed by atoms with E-state index >= 15 is 0 Å². The molecule has 2 aromatic rings. The highest BCUT2D eigenvalue weighted by molar-refractivity contribution is 8.07. The van der Waals surface area contributed by atoms with Gasteiger partial charge >= 0.3 is 0 Å². The van der Waals surface area contributed by atoms with E-state index in [1.54, 1.807) is 12.4 Å². The lowest BCUT2D eigenvalue weighted by atomic mass is 10.5. The minimum Gasteiger partial charge on any atom is -0.248 e. The molecule has 0 spiro atoms. The van der Waals surface area contributed by atoms with Crippen LogP contribution in [0.25, 0.3) is 0 Å². The summed E-state index contributed by atoms with van der Waals surface area (Å²) in [5.74, 6) is 0. The van der Waals surface area contributed by atoms with Crippen LogP contribution in [0.5, 0.6) is 0 Å². The quantitative estimate of drug-likeness (QED) is 0.762. The smallest absolute Gasteiger partial charge is 0.125 e. The summed E-state index contributed by atoms with van der Waals surface area (Å²) in [6.45, 7) is 0. The van der Waals surface area contributed by atoms with E-state index in [1.165, 1.54) is 24.1 Å². The van der Waals surface area contributed by atoms with E-state index in [4.69, 9.17) is 3.63 Å². The van der Waals surface area contributed by atoms with E-state index in [0.29, 0.717) is 0 Å². The topological polar surface area (TPSA) is 35.0 Å². The highest BCUT2D eigenvalue weighted by Gasteiger charge is 1.98. The molecule has 0 aromatic carbocycles.